The van der Waals surface area contributed by atoms with Crippen molar-refractivity contribution in [3.8, 4) is 5.88 Å². The van der Waals surface area contributed by atoms with Gasteiger partial charge < -0.3 is 29.4 Å². The summed E-state index contributed by atoms with van der Waals surface area (Å²) in [5.41, 5.74) is 2.94. The van der Waals surface area contributed by atoms with Gasteiger partial charge in [-0.1, -0.05) is 36.4 Å². The molecule has 4 aromatic rings. The Morgan fingerprint density at radius 1 is 1.10 bits per heavy atom. The molecule has 0 radical (unpaired) electrons. The summed E-state index contributed by atoms with van der Waals surface area (Å²) in [4.78, 5) is 47.3. The summed E-state index contributed by atoms with van der Waals surface area (Å²) in [5, 5.41) is 12.5. The molecule has 0 saturated carbocycles. The number of nitrogens with zero attached hydrogens (tertiary/aromatic N) is 4. The third-order valence-electron chi connectivity index (χ3n) is 6.80. The van der Waals surface area contributed by atoms with E-state index in [1.54, 1.807) is 36.4 Å². The standard InChI is InChI=1S/C30H31N5O6/c1-20(36)22-10-11-24-25(14-22)35(16-23-12-13-40-23)27(32-24)17-34(18-30(38)39)29(37)15-31-26-8-5-9-28(33-26)41-19-21-6-3-2-4-7-21/h2-11,14,23H,12-13,15-19H2,1H3,(H,31,33)(H,38,39)/t23-/m0/s1. The maximum Gasteiger partial charge on any atom is 0.323 e. The van der Waals surface area contributed by atoms with E-state index in [2.05, 4.69) is 15.3 Å². The molecule has 1 aliphatic heterocycles. The molecule has 2 aromatic heterocycles. The highest BCUT2D eigenvalue weighted by molar-refractivity contribution is 5.97. The number of rotatable bonds is 13. The van der Waals surface area contributed by atoms with E-state index in [9.17, 15) is 19.5 Å². The van der Waals surface area contributed by atoms with E-state index in [-0.39, 0.29) is 25.0 Å². The summed E-state index contributed by atoms with van der Waals surface area (Å²) in [7, 11) is 0. The number of amides is 1. The van der Waals surface area contributed by atoms with Gasteiger partial charge in [-0.15, -0.1) is 0 Å². The average molecular weight is 558 g/mol. The zero-order valence-corrected chi connectivity index (χ0v) is 22.7. The number of hydrogen-bond donors (Lipinski definition) is 2. The van der Waals surface area contributed by atoms with Crippen LogP contribution in [0.4, 0.5) is 5.82 Å². The molecular formula is C30H31N5O6. The summed E-state index contributed by atoms with van der Waals surface area (Å²) in [5.74, 6) is -0.321. The van der Waals surface area contributed by atoms with E-state index < -0.39 is 18.4 Å². The molecule has 11 heteroatoms. The fraction of sp³-hybridized carbons (Fsp3) is 0.300. The van der Waals surface area contributed by atoms with Crippen LogP contribution in [0, 0.1) is 0 Å². The molecule has 2 aromatic carbocycles. The molecule has 5 rings (SSSR count). The second kappa shape index (κ2) is 12.6. The Hall–Kier alpha value is -4.77. The van der Waals surface area contributed by atoms with E-state index in [4.69, 9.17) is 9.47 Å². The Labute approximate surface area is 236 Å². The van der Waals surface area contributed by atoms with Gasteiger partial charge in [-0.05, 0) is 43.2 Å². The van der Waals surface area contributed by atoms with E-state index >= 15 is 0 Å². The molecule has 3 heterocycles. The van der Waals surface area contributed by atoms with Gasteiger partial charge in [0.2, 0.25) is 11.8 Å². The van der Waals surface area contributed by atoms with Gasteiger partial charge in [0.15, 0.2) is 5.78 Å². The van der Waals surface area contributed by atoms with Crippen molar-refractivity contribution < 1.29 is 29.0 Å². The largest absolute Gasteiger partial charge is 0.480 e. The van der Waals surface area contributed by atoms with E-state index in [1.807, 2.05) is 34.9 Å². The smallest absolute Gasteiger partial charge is 0.323 e. The number of aliphatic carboxylic acids is 1. The molecule has 2 N–H and O–H groups in total. The van der Waals surface area contributed by atoms with Gasteiger partial charge in [0, 0.05) is 18.2 Å². The number of carboxylic acids is 1. The number of pyridine rings is 1. The van der Waals surface area contributed by atoms with Crippen LogP contribution in [0.3, 0.4) is 0 Å². The number of aromatic nitrogens is 3. The summed E-state index contributed by atoms with van der Waals surface area (Å²) >= 11 is 0. The molecule has 1 fully saturated rings. The van der Waals surface area contributed by atoms with Gasteiger partial charge in [0.05, 0.1) is 36.8 Å². The van der Waals surface area contributed by atoms with Crippen LogP contribution >= 0.6 is 0 Å². The number of anilines is 1. The number of carbonyl (C=O) groups is 3. The van der Waals surface area contributed by atoms with Gasteiger partial charge in [0.25, 0.3) is 0 Å². The average Bonchev–Trinajstić information content (AvgIpc) is 3.28. The zero-order valence-electron chi connectivity index (χ0n) is 22.7. The van der Waals surface area contributed by atoms with E-state index in [0.717, 1.165) is 17.5 Å². The lowest BCUT2D eigenvalue weighted by Gasteiger charge is -2.28. The van der Waals surface area contributed by atoms with Crippen molar-refractivity contribution in [2.75, 3.05) is 25.0 Å². The molecular weight excluding hydrogens is 526 g/mol. The fourth-order valence-corrected chi connectivity index (χ4v) is 4.52. The molecule has 41 heavy (non-hydrogen) atoms. The number of imidazole rings is 1. The van der Waals surface area contributed by atoms with Crippen LogP contribution < -0.4 is 10.1 Å². The SMILES string of the molecule is CC(=O)c1ccc2nc(CN(CC(=O)O)C(=O)CNc3cccc(OCc4ccccc4)n3)n(C[C@@H]3CCO3)c2c1. The minimum atomic E-state index is -1.14. The summed E-state index contributed by atoms with van der Waals surface area (Å²) in [6.07, 6.45) is 0.869. The van der Waals surface area contributed by atoms with E-state index in [1.165, 1.54) is 11.8 Å². The lowest BCUT2D eigenvalue weighted by molar-refractivity contribution is -0.144. The molecule has 0 bridgehead atoms. The third-order valence-corrected chi connectivity index (χ3v) is 6.80. The Morgan fingerprint density at radius 3 is 2.61 bits per heavy atom. The van der Waals surface area contributed by atoms with Crippen LogP contribution in [0.5, 0.6) is 5.88 Å². The highest BCUT2D eigenvalue weighted by Crippen LogP contribution is 2.23. The van der Waals surface area contributed by atoms with Gasteiger partial charge in [-0.3, -0.25) is 14.4 Å². The monoisotopic (exact) mass is 557 g/mol. The van der Waals surface area contributed by atoms with Crippen molar-refractivity contribution in [1.29, 1.82) is 0 Å². The molecule has 212 valence electrons. The topological polar surface area (TPSA) is 136 Å². The van der Waals surface area contributed by atoms with Gasteiger partial charge >= 0.3 is 5.97 Å². The molecule has 0 spiro atoms. The summed E-state index contributed by atoms with van der Waals surface area (Å²) in [6, 6.07) is 20.1. The van der Waals surface area contributed by atoms with Crippen molar-refractivity contribution >= 4 is 34.5 Å². The lowest BCUT2D eigenvalue weighted by atomic mass is 10.1. The highest BCUT2D eigenvalue weighted by Gasteiger charge is 2.25. The molecule has 1 saturated heterocycles. The van der Waals surface area contributed by atoms with Crippen LogP contribution in [0.25, 0.3) is 11.0 Å². The molecule has 0 unspecified atom stereocenters. The number of nitrogens with one attached hydrogen (secondary N) is 1. The Morgan fingerprint density at radius 2 is 1.90 bits per heavy atom. The summed E-state index contributed by atoms with van der Waals surface area (Å²) in [6.45, 7) is 2.30. The van der Waals surface area contributed by atoms with Crippen LogP contribution in [-0.2, 0) is 34.0 Å². The third kappa shape index (κ3) is 7.06. The Kier molecular flexibility index (Phi) is 8.54. The molecule has 1 atom stereocenters. The van der Waals surface area contributed by atoms with E-state index in [0.29, 0.717) is 48.4 Å². The fourth-order valence-electron chi connectivity index (χ4n) is 4.52. The number of ether oxygens (including phenoxy) is 2. The second-order valence-electron chi connectivity index (χ2n) is 9.81. The number of carbonyl (C=O) groups excluding carboxylic acids is 2. The number of carboxylic acid groups (broad SMARTS) is 1. The zero-order chi connectivity index (χ0) is 28.8. The van der Waals surface area contributed by atoms with Crippen LogP contribution in [0.2, 0.25) is 0 Å². The molecule has 0 aliphatic carbocycles. The molecule has 1 amide bonds. The first-order valence-electron chi connectivity index (χ1n) is 13.3. The number of benzene rings is 2. The quantitative estimate of drug-likeness (QED) is 0.237. The van der Waals surface area contributed by atoms with Gasteiger partial charge in [-0.2, -0.15) is 4.98 Å². The normalized spacial score (nSPS) is 14.3. The second-order valence-corrected chi connectivity index (χ2v) is 9.81. The van der Waals surface area contributed by atoms with Crippen LogP contribution in [-0.4, -0.2) is 68.0 Å². The first kappa shape index (κ1) is 27.8. The number of fused-ring (bicyclic) bond motifs is 1. The summed E-state index contributed by atoms with van der Waals surface area (Å²) < 4.78 is 13.3. The van der Waals surface area contributed by atoms with Crippen molar-refractivity contribution in [3.63, 3.8) is 0 Å². The highest BCUT2D eigenvalue weighted by atomic mass is 16.5. The molecule has 1 aliphatic rings. The number of Topliss-reactive ketones (excluding diaryl/α,β-unsaturated/α-hetero) is 1. The predicted octanol–water partition coefficient (Wildman–Crippen LogP) is 3.53. The molecule has 11 nitrogen and oxygen atoms in total. The lowest BCUT2D eigenvalue weighted by Crippen LogP contribution is -2.40. The van der Waals surface area contributed by atoms with Crippen LogP contribution in [0.15, 0.2) is 66.7 Å². The number of hydrogen-bond acceptors (Lipinski definition) is 8. The van der Waals surface area contributed by atoms with Crippen molar-refractivity contribution in [2.45, 2.75) is 39.1 Å². The van der Waals surface area contributed by atoms with Gasteiger partial charge in [-0.25, -0.2) is 4.98 Å². The van der Waals surface area contributed by atoms with Crippen molar-refractivity contribution in [2.24, 2.45) is 0 Å². The van der Waals surface area contributed by atoms with Gasteiger partial charge in [0.1, 0.15) is 24.8 Å². The first-order chi connectivity index (χ1) is 19.9. The van der Waals surface area contributed by atoms with Crippen molar-refractivity contribution in [1.82, 2.24) is 19.4 Å². The van der Waals surface area contributed by atoms with Crippen molar-refractivity contribution in [3.05, 3.63) is 83.7 Å². The Balaban J connectivity index is 1.30. The number of ketones is 1. The minimum absolute atomic E-state index is 0.0140. The van der Waals surface area contributed by atoms with Crippen LogP contribution in [0.1, 0.15) is 35.1 Å². The predicted molar refractivity (Wildman–Crippen MR) is 151 cm³/mol. The Bertz CT molecular complexity index is 1550. The minimum Gasteiger partial charge on any atom is -0.480 e. The maximum absolute atomic E-state index is 13.2. The maximum atomic E-state index is 13.2. The first-order valence-corrected chi connectivity index (χ1v) is 13.3.